The SMILES string of the molecule is CC(C)[C@@H](N)c1nc(Cc2c(Cl)cccc2Cl)no1. The Bertz CT molecular complexity index is 549. The molecule has 0 aliphatic carbocycles. The van der Waals surface area contributed by atoms with E-state index in [1.165, 1.54) is 0 Å². The highest BCUT2D eigenvalue weighted by Crippen LogP contribution is 2.26. The van der Waals surface area contributed by atoms with Gasteiger partial charge in [0.25, 0.3) is 0 Å². The summed E-state index contributed by atoms with van der Waals surface area (Å²) >= 11 is 12.2. The number of aromatic nitrogens is 2. The first-order valence-corrected chi connectivity index (χ1v) is 6.75. The van der Waals surface area contributed by atoms with Gasteiger partial charge in [-0.3, -0.25) is 0 Å². The third kappa shape index (κ3) is 3.26. The zero-order valence-electron chi connectivity index (χ0n) is 10.7. The van der Waals surface area contributed by atoms with Crippen molar-refractivity contribution in [1.82, 2.24) is 10.1 Å². The van der Waals surface area contributed by atoms with Crippen LogP contribution in [0.5, 0.6) is 0 Å². The van der Waals surface area contributed by atoms with Gasteiger partial charge in [-0.25, -0.2) is 0 Å². The quantitative estimate of drug-likeness (QED) is 0.936. The number of hydrogen-bond donors (Lipinski definition) is 1. The lowest BCUT2D eigenvalue weighted by molar-refractivity contribution is 0.322. The Morgan fingerprint density at radius 2 is 1.89 bits per heavy atom. The van der Waals surface area contributed by atoms with E-state index in [-0.39, 0.29) is 12.0 Å². The van der Waals surface area contributed by atoms with Crippen LogP contribution in [0.3, 0.4) is 0 Å². The summed E-state index contributed by atoms with van der Waals surface area (Å²) in [5, 5.41) is 5.09. The van der Waals surface area contributed by atoms with Crippen molar-refractivity contribution in [2.24, 2.45) is 11.7 Å². The molecule has 0 bridgehead atoms. The molecule has 19 heavy (non-hydrogen) atoms. The van der Waals surface area contributed by atoms with Crippen LogP contribution in [0.2, 0.25) is 10.0 Å². The maximum absolute atomic E-state index is 6.10. The van der Waals surface area contributed by atoms with Gasteiger partial charge < -0.3 is 10.3 Å². The fourth-order valence-corrected chi connectivity index (χ4v) is 2.15. The number of nitrogens with zero attached hydrogens (tertiary/aromatic N) is 2. The van der Waals surface area contributed by atoms with E-state index in [4.69, 9.17) is 33.5 Å². The van der Waals surface area contributed by atoms with Crippen LogP contribution in [0.25, 0.3) is 0 Å². The van der Waals surface area contributed by atoms with Gasteiger partial charge in [0, 0.05) is 16.5 Å². The molecule has 2 N–H and O–H groups in total. The monoisotopic (exact) mass is 299 g/mol. The molecule has 2 rings (SSSR count). The summed E-state index contributed by atoms with van der Waals surface area (Å²) in [6.07, 6.45) is 0.423. The average Bonchev–Trinajstić information content (AvgIpc) is 2.81. The van der Waals surface area contributed by atoms with E-state index >= 15 is 0 Å². The molecule has 1 aromatic heterocycles. The largest absolute Gasteiger partial charge is 0.338 e. The maximum Gasteiger partial charge on any atom is 0.243 e. The third-order valence-corrected chi connectivity index (χ3v) is 3.59. The molecular formula is C13H15Cl2N3O. The first kappa shape index (κ1) is 14.3. The molecule has 0 saturated carbocycles. The molecule has 4 nitrogen and oxygen atoms in total. The van der Waals surface area contributed by atoms with E-state index in [2.05, 4.69) is 10.1 Å². The molecule has 102 valence electrons. The Morgan fingerprint density at radius 3 is 2.47 bits per heavy atom. The van der Waals surface area contributed by atoms with Gasteiger partial charge in [-0.05, 0) is 23.6 Å². The van der Waals surface area contributed by atoms with Crippen molar-refractivity contribution in [3.05, 3.63) is 45.5 Å². The molecule has 1 atom stereocenters. The van der Waals surface area contributed by atoms with E-state index in [9.17, 15) is 0 Å². The van der Waals surface area contributed by atoms with E-state index < -0.39 is 0 Å². The lowest BCUT2D eigenvalue weighted by atomic mass is 10.1. The second-order valence-electron chi connectivity index (χ2n) is 4.70. The standard InChI is InChI=1S/C13H15Cl2N3O/c1-7(2)12(16)13-17-11(18-19-13)6-8-9(14)4-3-5-10(8)15/h3-5,7,12H,6,16H2,1-2H3/t12-/m1/s1. The third-order valence-electron chi connectivity index (χ3n) is 2.88. The van der Waals surface area contributed by atoms with E-state index in [1.807, 2.05) is 13.8 Å². The van der Waals surface area contributed by atoms with Gasteiger partial charge in [0.2, 0.25) is 5.89 Å². The van der Waals surface area contributed by atoms with Gasteiger partial charge in [-0.1, -0.05) is 48.3 Å². The lowest BCUT2D eigenvalue weighted by Crippen LogP contribution is -2.17. The van der Waals surface area contributed by atoms with Crippen molar-refractivity contribution in [3.63, 3.8) is 0 Å². The molecule has 1 heterocycles. The van der Waals surface area contributed by atoms with Crippen LogP contribution in [-0.2, 0) is 6.42 Å². The van der Waals surface area contributed by atoms with Crippen molar-refractivity contribution in [1.29, 1.82) is 0 Å². The van der Waals surface area contributed by atoms with E-state index in [0.717, 1.165) is 5.56 Å². The Hall–Kier alpha value is -1.10. The minimum absolute atomic E-state index is 0.234. The van der Waals surface area contributed by atoms with E-state index in [0.29, 0.717) is 28.2 Å². The van der Waals surface area contributed by atoms with Crippen LogP contribution in [-0.4, -0.2) is 10.1 Å². The minimum Gasteiger partial charge on any atom is -0.338 e. The molecule has 6 heteroatoms. The van der Waals surface area contributed by atoms with Crippen molar-refractivity contribution in [3.8, 4) is 0 Å². The van der Waals surface area contributed by atoms with Crippen LogP contribution < -0.4 is 5.73 Å². The molecule has 1 aromatic carbocycles. The number of nitrogens with two attached hydrogens (primary N) is 1. The van der Waals surface area contributed by atoms with Crippen LogP contribution >= 0.6 is 23.2 Å². The highest BCUT2D eigenvalue weighted by molar-refractivity contribution is 6.36. The van der Waals surface area contributed by atoms with Crippen LogP contribution in [0.15, 0.2) is 22.7 Å². The zero-order valence-corrected chi connectivity index (χ0v) is 12.2. The smallest absolute Gasteiger partial charge is 0.243 e. The van der Waals surface area contributed by atoms with Crippen molar-refractivity contribution in [2.75, 3.05) is 0 Å². The molecule has 0 amide bonds. The molecule has 0 aliphatic rings. The van der Waals surface area contributed by atoms with Gasteiger partial charge in [0.1, 0.15) is 0 Å². The summed E-state index contributed by atoms with van der Waals surface area (Å²) < 4.78 is 5.17. The highest BCUT2D eigenvalue weighted by Gasteiger charge is 2.19. The van der Waals surface area contributed by atoms with E-state index in [1.54, 1.807) is 18.2 Å². The predicted octanol–water partition coefficient (Wildman–Crippen LogP) is 3.62. The van der Waals surface area contributed by atoms with Crippen LogP contribution in [0.4, 0.5) is 0 Å². The fourth-order valence-electron chi connectivity index (χ4n) is 1.62. The lowest BCUT2D eigenvalue weighted by Gasteiger charge is -2.09. The highest BCUT2D eigenvalue weighted by atomic mass is 35.5. The summed E-state index contributed by atoms with van der Waals surface area (Å²) in [6, 6.07) is 5.10. The number of benzene rings is 1. The summed E-state index contributed by atoms with van der Waals surface area (Å²) in [6.45, 7) is 4.00. The van der Waals surface area contributed by atoms with Crippen LogP contribution in [0.1, 0.15) is 37.2 Å². The van der Waals surface area contributed by atoms with Gasteiger partial charge in [-0.15, -0.1) is 0 Å². The predicted molar refractivity (Wildman–Crippen MR) is 75.3 cm³/mol. The summed E-state index contributed by atoms with van der Waals surface area (Å²) in [4.78, 5) is 4.29. The van der Waals surface area contributed by atoms with Gasteiger partial charge >= 0.3 is 0 Å². The van der Waals surface area contributed by atoms with Gasteiger partial charge in [0.15, 0.2) is 5.82 Å². The van der Waals surface area contributed by atoms with Crippen LogP contribution in [0, 0.1) is 5.92 Å². The Balaban J connectivity index is 2.21. The normalized spacial score (nSPS) is 12.9. The van der Waals surface area contributed by atoms with Crippen molar-refractivity contribution in [2.45, 2.75) is 26.3 Å². The maximum atomic E-state index is 6.10. The summed E-state index contributed by atoms with van der Waals surface area (Å²) in [5.74, 6) is 1.20. The second kappa shape index (κ2) is 5.90. The average molecular weight is 300 g/mol. The fraction of sp³-hybridized carbons (Fsp3) is 0.385. The molecule has 0 fully saturated rings. The number of rotatable bonds is 4. The molecule has 0 radical (unpaired) electrons. The van der Waals surface area contributed by atoms with Crippen molar-refractivity contribution < 1.29 is 4.52 Å². The molecule has 0 saturated heterocycles. The zero-order chi connectivity index (χ0) is 14.0. The molecule has 0 unspecified atom stereocenters. The molecule has 0 spiro atoms. The minimum atomic E-state index is -0.261. The molecular weight excluding hydrogens is 285 g/mol. The summed E-state index contributed by atoms with van der Waals surface area (Å²) in [5.41, 5.74) is 6.74. The number of hydrogen-bond acceptors (Lipinski definition) is 4. The first-order valence-electron chi connectivity index (χ1n) is 6.00. The van der Waals surface area contributed by atoms with Crippen molar-refractivity contribution >= 4 is 23.2 Å². The second-order valence-corrected chi connectivity index (χ2v) is 5.51. The van der Waals surface area contributed by atoms with Gasteiger partial charge in [0.05, 0.1) is 6.04 Å². The molecule has 2 aromatic rings. The Morgan fingerprint density at radius 1 is 1.26 bits per heavy atom. The Labute approximate surface area is 121 Å². The number of halogens is 2. The topological polar surface area (TPSA) is 64.9 Å². The summed E-state index contributed by atoms with van der Waals surface area (Å²) in [7, 11) is 0. The Kier molecular flexibility index (Phi) is 4.45. The first-order chi connectivity index (χ1) is 8.99. The molecule has 0 aliphatic heterocycles. The van der Waals surface area contributed by atoms with Gasteiger partial charge in [-0.2, -0.15) is 4.98 Å².